The number of aliphatic carboxylic acids is 1. The van der Waals surface area contributed by atoms with E-state index in [-0.39, 0.29) is 28.8 Å². The molecule has 2 rings (SSSR count). The van der Waals surface area contributed by atoms with Crippen molar-refractivity contribution in [2.75, 3.05) is 20.1 Å². The Bertz CT molecular complexity index is 835. The van der Waals surface area contributed by atoms with E-state index in [9.17, 15) is 26.7 Å². The number of carboxylic acids is 1. The molecule has 0 spiro atoms. The lowest BCUT2D eigenvalue weighted by molar-refractivity contribution is -0.143. The molecule has 134 valence electrons. The Morgan fingerprint density at radius 3 is 2.42 bits per heavy atom. The van der Waals surface area contributed by atoms with Crippen LogP contribution in [0.3, 0.4) is 0 Å². The molecule has 10 heteroatoms. The van der Waals surface area contributed by atoms with Crippen molar-refractivity contribution in [1.29, 1.82) is 0 Å². The summed E-state index contributed by atoms with van der Waals surface area (Å²) >= 11 is 0. The molecule has 2 unspecified atom stereocenters. The smallest absolute Gasteiger partial charge is 0.307 e. The zero-order valence-electron chi connectivity index (χ0n) is 13.3. The number of hydrogen-bond acceptors (Lipinski definition) is 5. The van der Waals surface area contributed by atoms with Crippen molar-refractivity contribution in [1.82, 2.24) is 9.03 Å². The minimum atomic E-state index is -3.97. The first-order chi connectivity index (χ1) is 11.1. The molecular formula is C14H20N2O6S2. The molecule has 0 aliphatic carbocycles. The minimum absolute atomic E-state index is 0.0983. The van der Waals surface area contributed by atoms with Crippen molar-refractivity contribution in [3.63, 3.8) is 0 Å². The van der Waals surface area contributed by atoms with Crippen LogP contribution in [-0.4, -0.2) is 52.4 Å². The lowest BCUT2D eigenvalue weighted by atomic mass is 9.92. The number of carboxylic acid groups (broad SMARTS) is 1. The van der Waals surface area contributed by atoms with Gasteiger partial charge in [-0.3, -0.25) is 4.79 Å². The summed E-state index contributed by atoms with van der Waals surface area (Å²) in [4.78, 5) is 10.9. The molecule has 1 heterocycles. The molecule has 1 saturated heterocycles. The lowest BCUT2D eigenvalue weighted by Gasteiger charge is -2.33. The Kier molecular flexibility index (Phi) is 5.33. The maximum atomic E-state index is 12.8. The van der Waals surface area contributed by atoms with Gasteiger partial charge in [-0.15, -0.1) is 0 Å². The van der Waals surface area contributed by atoms with Crippen LogP contribution >= 0.6 is 0 Å². The van der Waals surface area contributed by atoms with E-state index in [1.165, 1.54) is 25.2 Å². The molecule has 1 aliphatic rings. The van der Waals surface area contributed by atoms with Gasteiger partial charge in [0.2, 0.25) is 20.0 Å². The topological polar surface area (TPSA) is 121 Å². The number of rotatable bonds is 5. The van der Waals surface area contributed by atoms with E-state index in [2.05, 4.69) is 4.72 Å². The van der Waals surface area contributed by atoms with Crippen molar-refractivity contribution in [3.05, 3.63) is 24.3 Å². The van der Waals surface area contributed by atoms with E-state index < -0.39 is 31.9 Å². The Morgan fingerprint density at radius 1 is 1.21 bits per heavy atom. The van der Waals surface area contributed by atoms with Gasteiger partial charge in [0, 0.05) is 13.1 Å². The second kappa shape index (κ2) is 6.79. The summed E-state index contributed by atoms with van der Waals surface area (Å²) in [6.07, 6.45) is 0.412. The predicted molar refractivity (Wildman–Crippen MR) is 86.4 cm³/mol. The van der Waals surface area contributed by atoms with Gasteiger partial charge in [-0.2, -0.15) is 4.31 Å². The fourth-order valence-corrected chi connectivity index (χ4v) is 5.25. The van der Waals surface area contributed by atoms with Crippen molar-refractivity contribution >= 4 is 26.0 Å². The molecule has 2 atom stereocenters. The first kappa shape index (κ1) is 18.8. The maximum absolute atomic E-state index is 12.8. The van der Waals surface area contributed by atoms with Crippen molar-refractivity contribution in [3.8, 4) is 0 Å². The van der Waals surface area contributed by atoms with Gasteiger partial charge >= 0.3 is 5.97 Å². The highest BCUT2D eigenvalue weighted by Gasteiger charge is 2.36. The summed E-state index contributed by atoms with van der Waals surface area (Å²) in [7, 11) is -6.51. The second-order valence-electron chi connectivity index (χ2n) is 5.88. The Labute approximate surface area is 141 Å². The van der Waals surface area contributed by atoms with E-state index in [0.717, 1.165) is 10.4 Å². The Morgan fingerprint density at radius 2 is 1.83 bits per heavy atom. The Hall–Kier alpha value is -1.49. The van der Waals surface area contributed by atoms with Gasteiger partial charge in [-0.1, -0.05) is 13.0 Å². The molecule has 0 aromatic heterocycles. The summed E-state index contributed by atoms with van der Waals surface area (Å²) in [6, 6.07) is 5.03. The number of piperidine rings is 1. The Balaban J connectivity index is 2.40. The average molecular weight is 376 g/mol. The number of carbonyl (C=O) groups is 1. The van der Waals surface area contributed by atoms with E-state index in [4.69, 9.17) is 0 Å². The minimum Gasteiger partial charge on any atom is -0.481 e. The molecule has 1 aliphatic heterocycles. The number of benzene rings is 1. The molecule has 8 nitrogen and oxygen atoms in total. The molecule has 0 radical (unpaired) electrons. The molecule has 1 fully saturated rings. The molecule has 0 bridgehead atoms. The van der Waals surface area contributed by atoms with Crippen LogP contribution < -0.4 is 4.72 Å². The molecule has 0 saturated carbocycles. The summed E-state index contributed by atoms with van der Waals surface area (Å²) in [6.45, 7) is 1.87. The second-order valence-corrected chi connectivity index (χ2v) is 9.70. The number of sulfonamides is 2. The van der Waals surface area contributed by atoms with E-state index in [0.29, 0.717) is 6.42 Å². The van der Waals surface area contributed by atoms with Crippen LogP contribution in [0.5, 0.6) is 0 Å². The van der Waals surface area contributed by atoms with E-state index in [1.807, 2.05) is 0 Å². The van der Waals surface area contributed by atoms with Gasteiger partial charge in [0.25, 0.3) is 0 Å². The molecule has 0 amide bonds. The molecule has 1 aromatic rings. The summed E-state index contributed by atoms with van der Waals surface area (Å²) in [5.41, 5.74) is 0. The quantitative estimate of drug-likeness (QED) is 0.764. The molecule has 2 N–H and O–H groups in total. The largest absolute Gasteiger partial charge is 0.481 e. The first-order valence-corrected chi connectivity index (χ1v) is 10.3. The maximum Gasteiger partial charge on any atom is 0.307 e. The van der Waals surface area contributed by atoms with Crippen molar-refractivity contribution in [2.45, 2.75) is 23.1 Å². The third-order valence-electron chi connectivity index (χ3n) is 4.00. The SMILES string of the molecule is CNS(=O)(=O)c1cccc(S(=O)(=O)N2CC(C)CC(C(=O)O)C2)c1. The number of hydrogen-bond donors (Lipinski definition) is 2. The first-order valence-electron chi connectivity index (χ1n) is 7.34. The fraction of sp³-hybridized carbons (Fsp3) is 0.500. The van der Waals surface area contributed by atoms with Gasteiger partial charge in [-0.05, 0) is 37.6 Å². The van der Waals surface area contributed by atoms with Crippen LogP contribution in [0.2, 0.25) is 0 Å². The highest BCUT2D eigenvalue weighted by atomic mass is 32.2. The van der Waals surface area contributed by atoms with Crippen LogP contribution in [0, 0.1) is 11.8 Å². The van der Waals surface area contributed by atoms with Gasteiger partial charge in [-0.25, -0.2) is 21.6 Å². The average Bonchev–Trinajstić information content (AvgIpc) is 2.54. The number of nitrogens with zero attached hydrogens (tertiary/aromatic N) is 1. The summed E-state index contributed by atoms with van der Waals surface area (Å²) in [5.74, 6) is -1.90. The van der Waals surface area contributed by atoms with Gasteiger partial charge in [0.05, 0.1) is 15.7 Å². The zero-order valence-corrected chi connectivity index (χ0v) is 15.0. The third kappa shape index (κ3) is 3.77. The molecule has 1 aromatic carbocycles. The number of nitrogens with one attached hydrogen (secondary N) is 1. The summed E-state index contributed by atoms with van der Waals surface area (Å²) < 4.78 is 52.5. The van der Waals surface area contributed by atoms with Crippen LogP contribution in [0.15, 0.2) is 34.1 Å². The highest BCUT2D eigenvalue weighted by Crippen LogP contribution is 2.28. The van der Waals surface area contributed by atoms with Crippen LogP contribution in [0.1, 0.15) is 13.3 Å². The van der Waals surface area contributed by atoms with Gasteiger partial charge in [0.15, 0.2) is 0 Å². The lowest BCUT2D eigenvalue weighted by Crippen LogP contribution is -2.45. The highest BCUT2D eigenvalue weighted by molar-refractivity contribution is 7.90. The van der Waals surface area contributed by atoms with Gasteiger partial charge < -0.3 is 5.11 Å². The van der Waals surface area contributed by atoms with E-state index in [1.54, 1.807) is 6.92 Å². The van der Waals surface area contributed by atoms with Crippen LogP contribution in [-0.2, 0) is 24.8 Å². The van der Waals surface area contributed by atoms with Crippen molar-refractivity contribution in [2.24, 2.45) is 11.8 Å². The third-order valence-corrected chi connectivity index (χ3v) is 7.24. The zero-order chi connectivity index (χ0) is 18.1. The van der Waals surface area contributed by atoms with E-state index >= 15 is 0 Å². The van der Waals surface area contributed by atoms with Gasteiger partial charge in [0.1, 0.15) is 0 Å². The monoisotopic (exact) mass is 376 g/mol. The standard InChI is InChI=1S/C14H20N2O6S2/c1-10-6-11(14(17)18)9-16(8-10)24(21,22)13-5-3-4-12(7-13)23(19,20)15-2/h3-5,7,10-11,15H,6,8-9H2,1-2H3,(H,17,18). The predicted octanol–water partition coefficient (Wildman–Crippen LogP) is 0.326. The molecular weight excluding hydrogens is 356 g/mol. The normalized spacial score (nSPS) is 23.1. The fourth-order valence-electron chi connectivity index (χ4n) is 2.75. The van der Waals surface area contributed by atoms with Crippen molar-refractivity contribution < 1.29 is 26.7 Å². The summed E-state index contributed by atoms with van der Waals surface area (Å²) in [5, 5.41) is 9.18. The van der Waals surface area contributed by atoms with Crippen LogP contribution in [0.25, 0.3) is 0 Å². The molecule has 24 heavy (non-hydrogen) atoms. The van der Waals surface area contributed by atoms with Crippen LogP contribution in [0.4, 0.5) is 0 Å².